The van der Waals surface area contributed by atoms with E-state index in [0.29, 0.717) is 55.5 Å². The number of aliphatic hydroxyl groups excluding tert-OH is 1. The average molecular weight is 765 g/mol. The van der Waals surface area contributed by atoms with Crippen LogP contribution in [0.3, 0.4) is 0 Å². The van der Waals surface area contributed by atoms with Crippen molar-refractivity contribution in [2.75, 3.05) is 13.7 Å². The third-order valence-corrected chi connectivity index (χ3v) is 12.9. The number of ketones is 1. The Kier molecular flexibility index (Phi) is 12.0. The number of methoxy groups -OCH3 is 1. The molecule has 3 aliphatic rings. The number of hydrogen-bond donors (Lipinski definition) is 3. The number of fused-ring (bicyclic) bond motifs is 9. The fourth-order valence-electron chi connectivity index (χ4n) is 9.35. The number of nitrogens with one attached hydrogen (secondary N) is 1. The number of aliphatic hydroxyl groups is 2. The Hall–Kier alpha value is -5.24. The van der Waals surface area contributed by atoms with Crippen molar-refractivity contribution < 1.29 is 24.5 Å². The zero-order valence-electron chi connectivity index (χ0n) is 33.7. The zero-order valence-corrected chi connectivity index (χ0v) is 33.7. The van der Waals surface area contributed by atoms with Crippen LogP contribution in [0.1, 0.15) is 109 Å². The molecule has 1 saturated carbocycles. The second kappa shape index (κ2) is 17.1. The lowest BCUT2D eigenvalue weighted by atomic mass is 9.64. The Labute approximate surface area is 337 Å². The van der Waals surface area contributed by atoms with Crippen molar-refractivity contribution >= 4 is 22.6 Å². The zero-order chi connectivity index (χ0) is 40.2. The Morgan fingerprint density at radius 2 is 1.65 bits per heavy atom. The van der Waals surface area contributed by atoms with Gasteiger partial charge < -0.3 is 25.2 Å². The first kappa shape index (κ1) is 40.0. The Morgan fingerprint density at radius 3 is 2.42 bits per heavy atom. The molecule has 0 heterocycles. The van der Waals surface area contributed by atoms with Crippen LogP contribution in [-0.2, 0) is 13.0 Å². The summed E-state index contributed by atoms with van der Waals surface area (Å²) in [7, 11) is 1.61. The highest BCUT2D eigenvalue weighted by Gasteiger charge is 2.57. The molecule has 5 unspecified atom stereocenters. The van der Waals surface area contributed by atoms with Crippen LogP contribution < -0.4 is 10.1 Å². The summed E-state index contributed by atoms with van der Waals surface area (Å²) in [6.07, 6.45) is 6.01. The smallest absolute Gasteiger partial charge is 0.318 e. The highest BCUT2D eigenvalue weighted by Crippen LogP contribution is 2.59. The third-order valence-electron chi connectivity index (χ3n) is 12.9. The molecule has 0 aromatic heterocycles. The van der Waals surface area contributed by atoms with E-state index < -0.39 is 17.1 Å². The number of rotatable bonds is 9. The van der Waals surface area contributed by atoms with Gasteiger partial charge in [-0.1, -0.05) is 104 Å². The van der Waals surface area contributed by atoms with Crippen LogP contribution in [-0.4, -0.2) is 52.3 Å². The molecule has 8 rings (SSSR count). The highest BCUT2D eigenvalue weighted by molar-refractivity contribution is 6.10. The van der Waals surface area contributed by atoms with E-state index in [1.54, 1.807) is 36.3 Å². The molecule has 296 valence electrons. The second-order valence-electron chi connectivity index (χ2n) is 16.6. The fourth-order valence-corrected chi connectivity index (χ4v) is 9.35. The summed E-state index contributed by atoms with van der Waals surface area (Å²) in [5.74, 6) is 0.391. The molecule has 3 N–H and O–H groups in total. The predicted molar refractivity (Wildman–Crippen MR) is 228 cm³/mol. The first-order valence-electron chi connectivity index (χ1n) is 20.4. The van der Waals surface area contributed by atoms with Crippen LogP contribution in [0, 0.1) is 5.41 Å². The fraction of sp³-hybridized carbons (Fsp3) is 0.360. The molecule has 5 aromatic carbocycles. The van der Waals surface area contributed by atoms with Crippen LogP contribution in [0.4, 0.5) is 4.79 Å². The number of carbonyl (C=O) groups excluding carboxylic acids is 2. The summed E-state index contributed by atoms with van der Waals surface area (Å²) in [5, 5.41) is 29.8. The molecule has 2 amide bonds. The molecular formula is C50H56N2O5. The molecule has 0 saturated heterocycles. The van der Waals surface area contributed by atoms with E-state index in [0.717, 1.165) is 45.9 Å². The summed E-state index contributed by atoms with van der Waals surface area (Å²) in [4.78, 5) is 30.9. The molecular weight excluding hydrogens is 709 g/mol. The monoisotopic (exact) mass is 764 g/mol. The largest absolute Gasteiger partial charge is 0.497 e. The molecule has 0 aliphatic heterocycles. The van der Waals surface area contributed by atoms with Gasteiger partial charge in [0, 0.05) is 23.1 Å². The van der Waals surface area contributed by atoms with E-state index >= 15 is 0 Å². The van der Waals surface area contributed by atoms with Crippen molar-refractivity contribution in [1.29, 1.82) is 0 Å². The Morgan fingerprint density at radius 1 is 0.912 bits per heavy atom. The van der Waals surface area contributed by atoms with E-state index in [9.17, 15) is 19.8 Å². The number of nitrogens with zero attached hydrogens (tertiary/aromatic N) is 1. The molecule has 3 aliphatic carbocycles. The van der Waals surface area contributed by atoms with Gasteiger partial charge in [-0.15, -0.1) is 0 Å². The van der Waals surface area contributed by atoms with Crippen LogP contribution in [0.15, 0.2) is 127 Å². The van der Waals surface area contributed by atoms with Crippen molar-refractivity contribution in [2.45, 2.75) is 95.9 Å². The number of benzene rings is 5. The van der Waals surface area contributed by atoms with Crippen molar-refractivity contribution in [3.05, 3.63) is 160 Å². The van der Waals surface area contributed by atoms with E-state index in [4.69, 9.17) is 4.74 Å². The molecule has 0 spiro atoms. The van der Waals surface area contributed by atoms with Gasteiger partial charge in [-0.25, -0.2) is 4.79 Å². The molecule has 1 fully saturated rings. The normalized spacial score (nSPS) is 22.9. The van der Waals surface area contributed by atoms with E-state index in [1.807, 2.05) is 67.6 Å². The molecule has 5 atom stereocenters. The number of ether oxygens (including phenoxy) is 1. The molecule has 2 bridgehead atoms. The lowest BCUT2D eigenvalue weighted by Gasteiger charge is -2.46. The lowest BCUT2D eigenvalue weighted by Crippen LogP contribution is -2.55. The van der Waals surface area contributed by atoms with E-state index in [1.165, 1.54) is 5.57 Å². The number of urea groups is 1. The van der Waals surface area contributed by atoms with Gasteiger partial charge in [0.2, 0.25) is 0 Å². The maximum absolute atomic E-state index is 14.6. The quantitative estimate of drug-likeness (QED) is 0.103. The van der Waals surface area contributed by atoms with Gasteiger partial charge in [0.05, 0.1) is 31.4 Å². The van der Waals surface area contributed by atoms with Gasteiger partial charge in [-0.2, -0.15) is 0 Å². The number of amides is 2. The minimum absolute atomic E-state index is 0.100. The molecule has 57 heavy (non-hydrogen) atoms. The summed E-state index contributed by atoms with van der Waals surface area (Å²) in [6.45, 7) is 6.70. The summed E-state index contributed by atoms with van der Waals surface area (Å²) in [5.41, 5.74) is 4.16. The van der Waals surface area contributed by atoms with Gasteiger partial charge in [-0.05, 0) is 128 Å². The van der Waals surface area contributed by atoms with Crippen molar-refractivity contribution in [2.24, 2.45) is 5.41 Å². The summed E-state index contributed by atoms with van der Waals surface area (Å²) < 4.78 is 5.38. The first-order chi connectivity index (χ1) is 27.5. The standard InChI is InChI=1S/C50H56N2O5/c1-34-12-11-28-49(3)46(44-26-20-36(30-41(53)23-19-34)31-45(44)47(54)39-21-24-42(57-4)25-22-39)27-29-50(49,56)33-52(48(55)51-35(2)37-13-6-5-7-14-37)32-40-17-10-16-38-15-8-9-18-43(38)40/h5-10,12-18,20-22,24-26,31,35,41,46,53,56H,11,19,23,27-30,32-33H2,1-4H3,(H,51,55). The maximum Gasteiger partial charge on any atom is 0.318 e. The van der Waals surface area contributed by atoms with Crippen molar-refractivity contribution in [3.63, 3.8) is 0 Å². The van der Waals surface area contributed by atoms with Gasteiger partial charge in [-0.3, -0.25) is 4.79 Å². The number of allylic oxidation sites excluding steroid dienone is 2. The summed E-state index contributed by atoms with van der Waals surface area (Å²) >= 11 is 0. The predicted octanol–water partition coefficient (Wildman–Crippen LogP) is 10.1. The van der Waals surface area contributed by atoms with E-state index in [2.05, 4.69) is 55.6 Å². The number of carbonyl (C=O) groups is 2. The van der Waals surface area contributed by atoms with Crippen molar-refractivity contribution in [3.8, 4) is 5.75 Å². The minimum Gasteiger partial charge on any atom is -0.497 e. The van der Waals surface area contributed by atoms with Gasteiger partial charge in [0.25, 0.3) is 0 Å². The number of hydrogen-bond acceptors (Lipinski definition) is 5. The SMILES string of the molecule is COc1ccc(C(=O)c2cc3ccc2C2CCC(O)(CN(Cc4cccc5ccccc45)C(=O)NC(C)c4ccccc4)C2(C)CCC=C(C)CCC(O)C3)cc1. The van der Waals surface area contributed by atoms with E-state index in [-0.39, 0.29) is 30.3 Å². The maximum atomic E-state index is 14.6. The van der Waals surface area contributed by atoms with Crippen molar-refractivity contribution in [1.82, 2.24) is 10.2 Å². The molecule has 7 heteroatoms. The van der Waals surface area contributed by atoms with Gasteiger partial charge >= 0.3 is 6.03 Å². The topological polar surface area (TPSA) is 99.1 Å². The molecule has 7 nitrogen and oxygen atoms in total. The van der Waals surface area contributed by atoms with Gasteiger partial charge in [0.15, 0.2) is 5.78 Å². The third kappa shape index (κ3) is 8.56. The second-order valence-corrected chi connectivity index (χ2v) is 16.6. The van der Waals surface area contributed by atoms with Crippen LogP contribution >= 0.6 is 0 Å². The first-order valence-corrected chi connectivity index (χ1v) is 20.4. The Bertz CT molecular complexity index is 2230. The minimum atomic E-state index is -1.29. The highest BCUT2D eigenvalue weighted by atomic mass is 16.5. The van der Waals surface area contributed by atoms with Crippen LogP contribution in [0.25, 0.3) is 10.8 Å². The van der Waals surface area contributed by atoms with Gasteiger partial charge in [0.1, 0.15) is 5.75 Å². The molecule has 5 aromatic rings. The van der Waals surface area contributed by atoms with Crippen LogP contribution in [0.2, 0.25) is 0 Å². The Balaban J connectivity index is 1.30. The molecule has 0 radical (unpaired) electrons. The average Bonchev–Trinajstić information content (AvgIpc) is 3.48. The lowest BCUT2D eigenvalue weighted by molar-refractivity contribution is -0.0780. The van der Waals surface area contributed by atoms with Crippen LogP contribution in [0.5, 0.6) is 5.75 Å². The summed E-state index contributed by atoms with van der Waals surface area (Å²) in [6, 6.07) is 37.1.